The monoisotopic (exact) mass is 325 g/mol. The number of sulfone groups is 1. The number of rotatable bonds is 3. The van der Waals surface area contributed by atoms with Crippen molar-refractivity contribution in [3.8, 4) is 0 Å². The molecule has 0 saturated carbocycles. The van der Waals surface area contributed by atoms with Crippen molar-refractivity contribution in [2.45, 2.75) is 17.7 Å². The first-order chi connectivity index (χ1) is 9.67. The third-order valence-corrected chi connectivity index (χ3v) is 5.88. The fourth-order valence-electron chi connectivity index (χ4n) is 2.93. The zero-order chi connectivity index (χ0) is 14.0. The highest BCUT2D eigenvalue weighted by Crippen LogP contribution is 2.26. The van der Waals surface area contributed by atoms with Gasteiger partial charge in [0.25, 0.3) is 0 Å². The van der Waals surface area contributed by atoms with E-state index < -0.39 is 9.84 Å². The van der Waals surface area contributed by atoms with Crippen LogP contribution in [0.25, 0.3) is 10.8 Å². The number of nitrogens with one attached hydrogen (secondary N) is 1. The topological polar surface area (TPSA) is 46.2 Å². The predicted molar refractivity (Wildman–Crippen MR) is 88.8 cm³/mol. The summed E-state index contributed by atoms with van der Waals surface area (Å²) < 4.78 is 25.4. The molecule has 3 nitrogen and oxygen atoms in total. The lowest BCUT2D eigenvalue weighted by molar-refractivity contribution is 0.404. The largest absolute Gasteiger partial charge is 0.316 e. The minimum atomic E-state index is -3.23. The molecule has 2 aromatic rings. The van der Waals surface area contributed by atoms with Crippen molar-refractivity contribution in [3.63, 3.8) is 0 Å². The van der Waals surface area contributed by atoms with E-state index in [1.807, 2.05) is 36.4 Å². The third kappa shape index (κ3) is 3.57. The fourth-order valence-corrected chi connectivity index (χ4v) is 4.82. The Kier molecular flexibility index (Phi) is 5.25. The van der Waals surface area contributed by atoms with E-state index in [1.54, 1.807) is 6.07 Å². The van der Waals surface area contributed by atoms with Gasteiger partial charge in [0.05, 0.1) is 10.6 Å². The summed E-state index contributed by atoms with van der Waals surface area (Å²) in [7, 11) is -3.23. The van der Waals surface area contributed by atoms with Gasteiger partial charge in [0.15, 0.2) is 9.84 Å². The summed E-state index contributed by atoms with van der Waals surface area (Å²) in [5.41, 5.74) is 0. The zero-order valence-corrected chi connectivity index (χ0v) is 13.4. The second kappa shape index (κ2) is 6.77. The molecule has 0 radical (unpaired) electrons. The van der Waals surface area contributed by atoms with Gasteiger partial charge in [-0.1, -0.05) is 36.4 Å². The minimum absolute atomic E-state index is 0. The highest BCUT2D eigenvalue weighted by atomic mass is 35.5. The van der Waals surface area contributed by atoms with Gasteiger partial charge in [-0.15, -0.1) is 12.4 Å². The van der Waals surface area contributed by atoms with E-state index in [1.165, 1.54) is 0 Å². The molecule has 1 aliphatic rings. The Bertz CT molecular complexity index is 704. The zero-order valence-electron chi connectivity index (χ0n) is 11.8. The van der Waals surface area contributed by atoms with E-state index in [0.29, 0.717) is 4.90 Å². The number of halogens is 1. The first-order valence-electron chi connectivity index (χ1n) is 7.08. The number of fused-ring (bicyclic) bond motifs is 1. The summed E-state index contributed by atoms with van der Waals surface area (Å²) in [6.07, 6.45) is 2.06. The van der Waals surface area contributed by atoms with Gasteiger partial charge < -0.3 is 5.32 Å². The smallest absolute Gasteiger partial charge is 0.179 e. The molecule has 5 heteroatoms. The van der Waals surface area contributed by atoms with Crippen LogP contribution in [0.4, 0.5) is 0 Å². The van der Waals surface area contributed by atoms with E-state index in [0.717, 1.165) is 36.7 Å². The fraction of sp³-hybridized carbons (Fsp3) is 0.375. The number of hydrogen-bond acceptors (Lipinski definition) is 3. The molecule has 1 saturated heterocycles. The second-order valence-electron chi connectivity index (χ2n) is 5.47. The van der Waals surface area contributed by atoms with Crippen LogP contribution in [0.5, 0.6) is 0 Å². The molecule has 1 heterocycles. The molecule has 0 aromatic heterocycles. The molecule has 114 valence electrons. The van der Waals surface area contributed by atoms with Crippen molar-refractivity contribution in [1.82, 2.24) is 5.32 Å². The summed E-state index contributed by atoms with van der Waals surface area (Å²) in [6.45, 7) is 1.81. The van der Waals surface area contributed by atoms with E-state index in [9.17, 15) is 8.42 Å². The van der Waals surface area contributed by atoms with Crippen LogP contribution in [0.2, 0.25) is 0 Å². The van der Waals surface area contributed by atoms with Gasteiger partial charge in [-0.25, -0.2) is 8.42 Å². The summed E-state index contributed by atoms with van der Waals surface area (Å²) in [4.78, 5) is 0.473. The van der Waals surface area contributed by atoms with E-state index >= 15 is 0 Å². The van der Waals surface area contributed by atoms with Gasteiger partial charge in [0.2, 0.25) is 0 Å². The van der Waals surface area contributed by atoms with Crippen molar-refractivity contribution in [3.05, 3.63) is 42.5 Å². The SMILES string of the molecule is Cl.O=S(=O)(CC1CCCNC1)c1cccc2ccccc12. The quantitative estimate of drug-likeness (QED) is 0.943. The van der Waals surface area contributed by atoms with Crippen molar-refractivity contribution in [2.24, 2.45) is 5.92 Å². The molecule has 1 atom stereocenters. The molecule has 3 rings (SSSR count). The van der Waals surface area contributed by atoms with Crippen LogP contribution in [0, 0.1) is 5.92 Å². The molecule has 0 spiro atoms. The maximum atomic E-state index is 12.7. The number of hydrogen-bond donors (Lipinski definition) is 1. The summed E-state index contributed by atoms with van der Waals surface area (Å²) in [5.74, 6) is 0.473. The predicted octanol–water partition coefficient (Wildman–Crippen LogP) is 3.03. The van der Waals surface area contributed by atoms with Crippen LogP contribution >= 0.6 is 12.4 Å². The lowest BCUT2D eigenvalue weighted by Gasteiger charge is -2.22. The van der Waals surface area contributed by atoms with Crippen molar-refractivity contribution >= 4 is 33.0 Å². The van der Waals surface area contributed by atoms with Gasteiger partial charge in [-0.3, -0.25) is 0 Å². The molecule has 0 bridgehead atoms. The maximum Gasteiger partial charge on any atom is 0.179 e. The summed E-state index contributed by atoms with van der Waals surface area (Å²) >= 11 is 0. The standard InChI is InChI=1S/C16H19NO2S.ClH/c18-20(19,12-13-5-4-10-17-11-13)16-9-3-7-14-6-1-2-8-15(14)16;/h1-3,6-9,13,17H,4-5,10-12H2;1H. The third-order valence-electron chi connectivity index (χ3n) is 3.94. The molecule has 0 amide bonds. The average Bonchev–Trinajstić information content (AvgIpc) is 2.47. The van der Waals surface area contributed by atoms with Crippen LogP contribution in [0.1, 0.15) is 12.8 Å². The molecule has 2 aromatic carbocycles. The van der Waals surface area contributed by atoms with E-state index in [4.69, 9.17) is 0 Å². The van der Waals surface area contributed by atoms with Crippen LogP contribution in [0.3, 0.4) is 0 Å². The molecular formula is C16H20ClNO2S. The normalized spacial score (nSPS) is 19.1. The molecule has 1 unspecified atom stereocenters. The van der Waals surface area contributed by atoms with Gasteiger partial charge in [-0.05, 0) is 43.3 Å². The first-order valence-corrected chi connectivity index (χ1v) is 8.73. The lowest BCUT2D eigenvalue weighted by Crippen LogP contribution is -2.33. The Morgan fingerprint density at radius 3 is 2.62 bits per heavy atom. The molecule has 1 aliphatic heterocycles. The van der Waals surface area contributed by atoms with E-state index in [-0.39, 0.29) is 24.1 Å². The van der Waals surface area contributed by atoms with Gasteiger partial charge in [0, 0.05) is 5.39 Å². The Morgan fingerprint density at radius 2 is 1.86 bits per heavy atom. The molecule has 1 N–H and O–H groups in total. The van der Waals surface area contributed by atoms with Crippen molar-refractivity contribution < 1.29 is 8.42 Å². The highest BCUT2D eigenvalue weighted by molar-refractivity contribution is 7.91. The second-order valence-corrected chi connectivity index (χ2v) is 7.47. The molecular weight excluding hydrogens is 306 g/mol. The molecule has 21 heavy (non-hydrogen) atoms. The van der Waals surface area contributed by atoms with Gasteiger partial charge in [0.1, 0.15) is 0 Å². The van der Waals surface area contributed by atoms with Crippen molar-refractivity contribution in [1.29, 1.82) is 0 Å². The Hall–Kier alpha value is -1.10. The maximum absolute atomic E-state index is 12.7. The van der Waals surface area contributed by atoms with Crippen LogP contribution < -0.4 is 5.32 Å². The summed E-state index contributed by atoms with van der Waals surface area (Å²) in [6, 6.07) is 13.2. The number of benzene rings is 2. The Labute approximate surface area is 132 Å². The lowest BCUT2D eigenvalue weighted by atomic mass is 10.0. The van der Waals surface area contributed by atoms with Gasteiger partial charge >= 0.3 is 0 Å². The molecule has 0 aliphatic carbocycles. The van der Waals surface area contributed by atoms with E-state index in [2.05, 4.69) is 5.32 Å². The van der Waals surface area contributed by atoms with Crippen molar-refractivity contribution in [2.75, 3.05) is 18.8 Å². The highest BCUT2D eigenvalue weighted by Gasteiger charge is 2.24. The number of piperidine rings is 1. The van der Waals surface area contributed by atoms with Crippen LogP contribution in [0.15, 0.2) is 47.4 Å². The average molecular weight is 326 g/mol. The van der Waals surface area contributed by atoms with Gasteiger partial charge in [-0.2, -0.15) is 0 Å². The Morgan fingerprint density at radius 1 is 1.10 bits per heavy atom. The van der Waals surface area contributed by atoms with Crippen LogP contribution in [-0.4, -0.2) is 27.3 Å². The van der Waals surface area contributed by atoms with Crippen LogP contribution in [-0.2, 0) is 9.84 Å². The summed E-state index contributed by atoms with van der Waals surface area (Å²) in [5, 5.41) is 5.10. The minimum Gasteiger partial charge on any atom is -0.316 e. The molecule has 1 fully saturated rings. The Balaban J connectivity index is 0.00000161. The first kappa shape index (κ1) is 16.3.